The fourth-order valence-corrected chi connectivity index (χ4v) is 3.93. The van der Waals surface area contributed by atoms with Gasteiger partial charge in [-0.15, -0.1) is 0 Å². The van der Waals surface area contributed by atoms with Crippen LogP contribution in [0.3, 0.4) is 0 Å². The highest BCUT2D eigenvalue weighted by Gasteiger charge is 2.74. The van der Waals surface area contributed by atoms with Crippen molar-refractivity contribution in [2.45, 2.75) is 91.1 Å². The van der Waals surface area contributed by atoms with Gasteiger partial charge in [-0.3, -0.25) is 4.79 Å². The van der Waals surface area contributed by atoms with Gasteiger partial charge < -0.3 is 19.5 Å². The van der Waals surface area contributed by atoms with Gasteiger partial charge in [-0.1, -0.05) is 12.2 Å². The zero-order valence-electron chi connectivity index (χ0n) is 19.1. The van der Waals surface area contributed by atoms with Crippen LogP contribution in [0.4, 0.5) is 4.79 Å². The summed E-state index contributed by atoms with van der Waals surface area (Å²) in [7, 11) is 0. The fourth-order valence-electron chi connectivity index (χ4n) is 3.93. The molecule has 2 aliphatic rings. The van der Waals surface area contributed by atoms with Crippen LogP contribution in [0.1, 0.15) is 68.7 Å². The van der Waals surface area contributed by atoms with Gasteiger partial charge in [0.25, 0.3) is 0 Å². The molecule has 0 radical (unpaired) electrons. The quantitative estimate of drug-likeness (QED) is 0.434. The highest BCUT2D eigenvalue weighted by atomic mass is 16.6. The minimum atomic E-state index is -1.40. The van der Waals surface area contributed by atoms with E-state index in [9.17, 15) is 14.4 Å². The minimum absolute atomic E-state index is 0.204. The van der Waals surface area contributed by atoms with E-state index in [4.69, 9.17) is 14.2 Å². The lowest BCUT2D eigenvalue weighted by molar-refractivity contribution is -0.165. The Hall–Kier alpha value is -2.05. The number of ether oxygens (including phenoxy) is 3. The van der Waals surface area contributed by atoms with Crippen LogP contribution in [0.15, 0.2) is 12.2 Å². The number of amides is 1. The molecule has 0 spiro atoms. The molecule has 0 heterocycles. The lowest BCUT2D eigenvalue weighted by Crippen LogP contribution is -2.58. The first kappa shape index (κ1) is 23.2. The number of nitrogens with one attached hydrogen (secondary N) is 1. The Kier molecular flexibility index (Phi) is 5.63. The zero-order valence-corrected chi connectivity index (χ0v) is 19.1. The normalized spacial score (nSPS) is 29.0. The molecule has 1 N–H and O–H groups in total. The van der Waals surface area contributed by atoms with Crippen molar-refractivity contribution in [2.75, 3.05) is 0 Å². The number of carbonyl (C=O) groups excluding carboxylic acids is 3. The van der Waals surface area contributed by atoms with Crippen LogP contribution in [0.25, 0.3) is 0 Å². The van der Waals surface area contributed by atoms with E-state index in [1.165, 1.54) is 0 Å². The van der Waals surface area contributed by atoms with Crippen LogP contribution >= 0.6 is 0 Å². The lowest BCUT2D eigenvalue weighted by Gasteiger charge is -2.35. The van der Waals surface area contributed by atoms with Crippen LogP contribution < -0.4 is 5.32 Å². The average Bonchev–Trinajstić information content (AvgIpc) is 3.10. The van der Waals surface area contributed by atoms with Crippen LogP contribution in [0.2, 0.25) is 0 Å². The summed E-state index contributed by atoms with van der Waals surface area (Å²) in [5, 5.41) is 2.74. The van der Waals surface area contributed by atoms with E-state index in [1.54, 1.807) is 62.3 Å². The summed E-state index contributed by atoms with van der Waals surface area (Å²) < 4.78 is 16.5. The van der Waals surface area contributed by atoms with Gasteiger partial charge in [0, 0.05) is 12.3 Å². The molecular formula is C22H35NO6. The summed E-state index contributed by atoms with van der Waals surface area (Å²) in [6, 6.07) is 0. The summed E-state index contributed by atoms with van der Waals surface area (Å²) in [5.41, 5.74) is -2.81. The van der Waals surface area contributed by atoms with E-state index in [0.717, 1.165) is 5.57 Å². The zero-order chi connectivity index (χ0) is 22.6. The number of rotatable bonds is 3. The van der Waals surface area contributed by atoms with Crippen molar-refractivity contribution >= 4 is 18.0 Å². The summed E-state index contributed by atoms with van der Waals surface area (Å²) in [4.78, 5) is 38.5. The molecule has 0 aliphatic heterocycles. The Morgan fingerprint density at radius 1 is 0.897 bits per heavy atom. The van der Waals surface area contributed by atoms with Gasteiger partial charge in [0.2, 0.25) is 0 Å². The molecule has 0 aromatic heterocycles. The fraction of sp³-hybridized carbons (Fsp3) is 0.773. The molecule has 0 aromatic rings. The molecule has 7 heteroatoms. The molecule has 2 fully saturated rings. The monoisotopic (exact) mass is 409 g/mol. The van der Waals surface area contributed by atoms with Crippen molar-refractivity contribution in [3.05, 3.63) is 12.2 Å². The molecule has 4 atom stereocenters. The van der Waals surface area contributed by atoms with Crippen molar-refractivity contribution in [1.82, 2.24) is 5.32 Å². The van der Waals surface area contributed by atoms with Crippen molar-refractivity contribution in [2.24, 2.45) is 17.8 Å². The largest absolute Gasteiger partial charge is 0.460 e. The Labute approximate surface area is 173 Å². The van der Waals surface area contributed by atoms with Gasteiger partial charge in [0.1, 0.15) is 22.3 Å². The van der Waals surface area contributed by atoms with Crippen LogP contribution in [0, 0.1) is 17.8 Å². The average molecular weight is 410 g/mol. The molecule has 2 rings (SSSR count). The third kappa shape index (κ3) is 5.31. The first-order valence-corrected chi connectivity index (χ1v) is 10.0. The Morgan fingerprint density at radius 3 is 1.83 bits per heavy atom. The third-order valence-corrected chi connectivity index (χ3v) is 4.73. The van der Waals surface area contributed by atoms with Crippen molar-refractivity contribution in [1.29, 1.82) is 0 Å². The van der Waals surface area contributed by atoms with Gasteiger partial charge in [-0.2, -0.15) is 0 Å². The van der Waals surface area contributed by atoms with E-state index >= 15 is 0 Å². The number of alkyl carbamates (subject to hydrolysis) is 1. The summed E-state index contributed by atoms with van der Waals surface area (Å²) in [6.45, 7) is 19.9. The third-order valence-electron chi connectivity index (χ3n) is 4.73. The Balaban J connectivity index is 2.35. The van der Waals surface area contributed by atoms with Gasteiger partial charge in [0.05, 0.1) is 5.92 Å². The van der Waals surface area contributed by atoms with E-state index in [2.05, 4.69) is 11.9 Å². The maximum absolute atomic E-state index is 13.2. The maximum Gasteiger partial charge on any atom is 0.408 e. The summed E-state index contributed by atoms with van der Waals surface area (Å²) >= 11 is 0. The molecule has 0 bridgehead atoms. The topological polar surface area (TPSA) is 90.9 Å². The van der Waals surface area contributed by atoms with Gasteiger partial charge in [0.15, 0.2) is 0 Å². The smallest absolute Gasteiger partial charge is 0.408 e. The number of esters is 2. The second-order valence-electron chi connectivity index (χ2n) is 11.0. The van der Waals surface area contributed by atoms with Crippen LogP contribution in [-0.4, -0.2) is 40.4 Å². The van der Waals surface area contributed by atoms with Crippen LogP contribution in [0.5, 0.6) is 0 Å². The maximum atomic E-state index is 13.2. The Morgan fingerprint density at radius 2 is 1.38 bits per heavy atom. The lowest BCUT2D eigenvalue weighted by atomic mass is 9.88. The standard InChI is InChI=1S/C22H35NO6/c1-12-11-22(17(25)28-20(5,6)7,23-18(26)29-21(8,9)10)15-13(12)14(15)16(24)27-19(2,3)4/h13-15H,1,11H2,2-10H3,(H,23,26)/t13-,14-,15-,22-/m0/s1. The predicted octanol–water partition coefficient (Wildman–Crippen LogP) is 3.76. The van der Waals surface area contributed by atoms with Gasteiger partial charge in [-0.05, 0) is 68.2 Å². The molecule has 0 aromatic carbocycles. The van der Waals surface area contributed by atoms with E-state index in [0.29, 0.717) is 0 Å². The molecule has 0 saturated heterocycles. The molecule has 2 aliphatic carbocycles. The summed E-state index contributed by atoms with van der Waals surface area (Å²) in [6.07, 6.45) is -0.526. The van der Waals surface area contributed by atoms with Gasteiger partial charge >= 0.3 is 18.0 Å². The molecule has 29 heavy (non-hydrogen) atoms. The number of hydrogen-bond donors (Lipinski definition) is 1. The van der Waals surface area contributed by atoms with Crippen LogP contribution in [-0.2, 0) is 23.8 Å². The Bertz CT molecular complexity index is 721. The van der Waals surface area contributed by atoms with E-state index < -0.39 is 52.2 Å². The molecule has 7 nitrogen and oxygen atoms in total. The van der Waals surface area contributed by atoms with Crippen molar-refractivity contribution < 1.29 is 28.6 Å². The van der Waals surface area contributed by atoms with Crippen molar-refractivity contribution in [3.8, 4) is 0 Å². The van der Waals surface area contributed by atoms with E-state index in [-0.39, 0.29) is 12.3 Å². The summed E-state index contributed by atoms with van der Waals surface area (Å²) in [5.74, 6) is -2.22. The highest BCUT2D eigenvalue weighted by Crippen LogP contribution is 2.65. The van der Waals surface area contributed by atoms with Gasteiger partial charge in [-0.25, -0.2) is 9.59 Å². The second-order valence-corrected chi connectivity index (χ2v) is 11.0. The molecule has 0 unspecified atom stereocenters. The molecule has 164 valence electrons. The highest BCUT2D eigenvalue weighted by molar-refractivity contribution is 5.92. The molecule has 2 saturated carbocycles. The predicted molar refractivity (Wildman–Crippen MR) is 108 cm³/mol. The molecule has 1 amide bonds. The first-order chi connectivity index (χ1) is 12.9. The second kappa shape index (κ2) is 7.03. The first-order valence-electron chi connectivity index (χ1n) is 10.0. The molecular weight excluding hydrogens is 374 g/mol. The van der Waals surface area contributed by atoms with Crippen molar-refractivity contribution in [3.63, 3.8) is 0 Å². The number of carbonyl (C=O) groups is 3. The van der Waals surface area contributed by atoms with E-state index in [1.807, 2.05) is 0 Å². The number of hydrogen-bond acceptors (Lipinski definition) is 6. The number of fused-ring (bicyclic) bond motifs is 1. The SMILES string of the molecule is C=C1C[C@@](NC(=O)OC(C)(C)C)(C(=O)OC(C)(C)C)[C@H]2[C@@H]1[C@@H]2C(=O)OC(C)(C)C. The minimum Gasteiger partial charge on any atom is -0.460 e.